The minimum Gasteiger partial charge on any atom is -0.339 e. The molecule has 0 radical (unpaired) electrons. The average molecular weight is 328 g/mol. The predicted octanol–water partition coefficient (Wildman–Crippen LogP) is 2.51. The second kappa shape index (κ2) is 9.43. The van der Waals surface area contributed by atoms with Gasteiger partial charge in [0.15, 0.2) is 0 Å². The van der Waals surface area contributed by atoms with E-state index in [1.807, 2.05) is 27.7 Å². The Labute approximate surface area is 138 Å². The van der Waals surface area contributed by atoms with E-state index in [4.69, 9.17) is 5.73 Å². The maximum Gasteiger partial charge on any atom is 0.253 e. The van der Waals surface area contributed by atoms with Crippen molar-refractivity contribution >= 4 is 29.9 Å². The number of carbonyl (C=O) groups is 2. The number of anilines is 1. The molecule has 1 aromatic carbocycles. The summed E-state index contributed by atoms with van der Waals surface area (Å²) in [7, 11) is 0. The summed E-state index contributed by atoms with van der Waals surface area (Å²) in [4.78, 5) is 25.8. The summed E-state index contributed by atoms with van der Waals surface area (Å²) in [6, 6.07) is 6.35. The second-order valence-electron chi connectivity index (χ2n) is 5.31. The van der Waals surface area contributed by atoms with E-state index < -0.39 is 6.04 Å². The van der Waals surface area contributed by atoms with Crippen LogP contribution in [0, 0.1) is 5.92 Å². The van der Waals surface area contributed by atoms with Crippen molar-refractivity contribution < 1.29 is 9.59 Å². The smallest absolute Gasteiger partial charge is 0.253 e. The SMILES string of the molecule is CCN(CC)C(=O)c1ccc(NC(=O)C(N)C(C)C)cc1.Cl. The Morgan fingerprint density at radius 1 is 1.14 bits per heavy atom. The maximum atomic E-state index is 12.2. The number of rotatable bonds is 6. The molecule has 3 N–H and O–H groups in total. The molecule has 0 saturated heterocycles. The molecule has 0 aliphatic rings. The van der Waals surface area contributed by atoms with Crippen LogP contribution in [0.25, 0.3) is 0 Å². The van der Waals surface area contributed by atoms with Crippen molar-refractivity contribution in [1.29, 1.82) is 0 Å². The molecule has 0 fully saturated rings. The van der Waals surface area contributed by atoms with E-state index in [2.05, 4.69) is 5.32 Å². The highest BCUT2D eigenvalue weighted by molar-refractivity contribution is 5.97. The average Bonchev–Trinajstić information content (AvgIpc) is 2.48. The van der Waals surface area contributed by atoms with Crippen LogP contribution in [0.4, 0.5) is 5.69 Å². The molecule has 0 aliphatic carbocycles. The maximum absolute atomic E-state index is 12.2. The van der Waals surface area contributed by atoms with Gasteiger partial charge in [-0.1, -0.05) is 13.8 Å². The number of benzene rings is 1. The number of carbonyl (C=O) groups excluding carboxylic acids is 2. The summed E-state index contributed by atoms with van der Waals surface area (Å²) in [5, 5.41) is 2.76. The van der Waals surface area contributed by atoms with Crippen molar-refractivity contribution in [3.05, 3.63) is 29.8 Å². The largest absolute Gasteiger partial charge is 0.339 e. The second-order valence-corrected chi connectivity index (χ2v) is 5.31. The van der Waals surface area contributed by atoms with Gasteiger partial charge in [0.25, 0.3) is 5.91 Å². The molecule has 0 aromatic heterocycles. The summed E-state index contributed by atoms with van der Waals surface area (Å²) in [6.45, 7) is 9.05. The Morgan fingerprint density at radius 3 is 2.05 bits per heavy atom. The first kappa shape index (κ1) is 20.4. The Hall–Kier alpha value is -1.59. The molecular weight excluding hydrogens is 302 g/mol. The fraction of sp³-hybridized carbons (Fsp3) is 0.500. The first-order valence-electron chi connectivity index (χ1n) is 7.36. The van der Waals surface area contributed by atoms with E-state index in [1.165, 1.54) is 0 Å². The molecule has 124 valence electrons. The molecule has 0 spiro atoms. The number of hydrogen-bond acceptors (Lipinski definition) is 3. The van der Waals surface area contributed by atoms with Gasteiger partial charge >= 0.3 is 0 Å². The standard InChI is InChI=1S/C16H25N3O2.ClH/c1-5-19(6-2)16(21)12-7-9-13(10-8-12)18-15(20)14(17)11(3)4;/h7-11,14H,5-6,17H2,1-4H3,(H,18,20);1H. The van der Waals surface area contributed by atoms with Gasteiger partial charge in [0.1, 0.15) is 0 Å². The van der Waals surface area contributed by atoms with Crippen LogP contribution >= 0.6 is 12.4 Å². The first-order chi connectivity index (χ1) is 9.90. The molecule has 1 unspecified atom stereocenters. The van der Waals surface area contributed by atoms with Crippen LogP contribution < -0.4 is 11.1 Å². The summed E-state index contributed by atoms with van der Waals surface area (Å²) in [5.74, 6) is -0.141. The quantitative estimate of drug-likeness (QED) is 0.843. The Kier molecular flexibility index (Phi) is 8.75. The number of halogens is 1. The van der Waals surface area contributed by atoms with E-state index in [0.29, 0.717) is 24.3 Å². The van der Waals surface area contributed by atoms with E-state index in [1.54, 1.807) is 29.2 Å². The summed E-state index contributed by atoms with van der Waals surface area (Å²) < 4.78 is 0. The third-order valence-corrected chi connectivity index (χ3v) is 3.47. The molecule has 5 nitrogen and oxygen atoms in total. The highest BCUT2D eigenvalue weighted by Crippen LogP contribution is 2.12. The monoisotopic (exact) mass is 327 g/mol. The lowest BCUT2D eigenvalue weighted by Gasteiger charge is -2.19. The highest BCUT2D eigenvalue weighted by atomic mass is 35.5. The van der Waals surface area contributed by atoms with E-state index in [0.717, 1.165) is 0 Å². The molecule has 1 aromatic rings. The zero-order valence-electron chi connectivity index (χ0n) is 13.6. The van der Waals surface area contributed by atoms with Crippen molar-refractivity contribution in [3.63, 3.8) is 0 Å². The predicted molar refractivity (Wildman–Crippen MR) is 92.4 cm³/mol. The van der Waals surface area contributed by atoms with Crippen molar-refractivity contribution in [3.8, 4) is 0 Å². The minimum absolute atomic E-state index is 0. The third-order valence-electron chi connectivity index (χ3n) is 3.47. The minimum atomic E-state index is -0.540. The van der Waals surface area contributed by atoms with Crippen LogP contribution in [0.5, 0.6) is 0 Å². The lowest BCUT2D eigenvalue weighted by Crippen LogP contribution is -2.39. The molecule has 6 heteroatoms. The van der Waals surface area contributed by atoms with Gasteiger partial charge in [-0.25, -0.2) is 0 Å². The van der Waals surface area contributed by atoms with Crippen LogP contribution in [-0.2, 0) is 4.79 Å². The van der Waals surface area contributed by atoms with Gasteiger partial charge in [-0.05, 0) is 44.0 Å². The van der Waals surface area contributed by atoms with Gasteiger partial charge in [-0.3, -0.25) is 9.59 Å². The van der Waals surface area contributed by atoms with Crippen LogP contribution in [0.15, 0.2) is 24.3 Å². The summed E-state index contributed by atoms with van der Waals surface area (Å²) >= 11 is 0. The zero-order chi connectivity index (χ0) is 16.0. The Bertz CT molecular complexity index is 485. The van der Waals surface area contributed by atoms with Gasteiger partial charge in [0.05, 0.1) is 6.04 Å². The van der Waals surface area contributed by atoms with E-state index in [-0.39, 0.29) is 30.1 Å². The van der Waals surface area contributed by atoms with Crippen LogP contribution in [0.1, 0.15) is 38.1 Å². The van der Waals surface area contributed by atoms with Gasteiger partial charge in [0, 0.05) is 24.3 Å². The summed E-state index contributed by atoms with van der Waals surface area (Å²) in [6.07, 6.45) is 0. The Morgan fingerprint density at radius 2 is 1.64 bits per heavy atom. The molecule has 1 atom stereocenters. The van der Waals surface area contributed by atoms with Crippen molar-refractivity contribution in [1.82, 2.24) is 4.90 Å². The first-order valence-corrected chi connectivity index (χ1v) is 7.36. The van der Waals surface area contributed by atoms with Crippen LogP contribution in [0.3, 0.4) is 0 Å². The number of nitrogens with one attached hydrogen (secondary N) is 1. The van der Waals surface area contributed by atoms with Crippen molar-refractivity contribution in [2.45, 2.75) is 33.7 Å². The van der Waals surface area contributed by atoms with Crippen LogP contribution in [0.2, 0.25) is 0 Å². The fourth-order valence-electron chi connectivity index (χ4n) is 1.92. The zero-order valence-corrected chi connectivity index (χ0v) is 14.4. The van der Waals surface area contributed by atoms with Gasteiger partial charge in [-0.15, -0.1) is 12.4 Å². The third kappa shape index (κ3) is 5.31. The van der Waals surface area contributed by atoms with Crippen molar-refractivity contribution in [2.24, 2.45) is 11.7 Å². The van der Waals surface area contributed by atoms with Gasteiger partial charge < -0.3 is 16.0 Å². The summed E-state index contributed by atoms with van der Waals surface area (Å²) in [5.41, 5.74) is 7.05. The number of amides is 2. The lowest BCUT2D eigenvalue weighted by molar-refractivity contribution is -0.118. The fourth-order valence-corrected chi connectivity index (χ4v) is 1.92. The lowest BCUT2D eigenvalue weighted by atomic mass is 10.0. The molecular formula is C16H26ClN3O2. The molecule has 1 rings (SSSR count). The normalized spacial score (nSPS) is 11.5. The number of nitrogens with zero attached hydrogens (tertiary/aromatic N) is 1. The molecule has 22 heavy (non-hydrogen) atoms. The topological polar surface area (TPSA) is 75.4 Å². The highest BCUT2D eigenvalue weighted by Gasteiger charge is 2.17. The molecule has 0 aliphatic heterocycles. The Balaban J connectivity index is 0.00000441. The molecule has 0 bridgehead atoms. The number of hydrogen-bond donors (Lipinski definition) is 2. The molecule has 0 heterocycles. The van der Waals surface area contributed by atoms with E-state index in [9.17, 15) is 9.59 Å². The number of nitrogens with two attached hydrogens (primary N) is 1. The van der Waals surface area contributed by atoms with E-state index >= 15 is 0 Å². The van der Waals surface area contributed by atoms with Gasteiger partial charge in [0.2, 0.25) is 5.91 Å². The molecule has 2 amide bonds. The van der Waals surface area contributed by atoms with Crippen molar-refractivity contribution in [2.75, 3.05) is 18.4 Å². The van der Waals surface area contributed by atoms with Gasteiger partial charge in [-0.2, -0.15) is 0 Å². The molecule has 0 saturated carbocycles. The van der Waals surface area contributed by atoms with Crippen LogP contribution in [-0.4, -0.2) is 35.8 Å².